The Bertz CT molecular complexity index is 802. The highest BCUT2D eigenvalue weighted by atomic mass is 31.2. The highest BCUT2D eigenvalue weighted by molar-refractivity contribution is 7.39. The lowest BCUT2D eigenvalue weighted by molar-refractivity contribution is -0.138. The first-order chi connectivity index (χ1) is 14.7. The summed E-state index contributed by atoms with van der Waals surface area (Å²) >= 11 is 0. The molecular formula is C20H29F3N3O4P. The van der Waals surface area contributed by atoms with E-state index in [0.717, 1.165) is 38.2 Å². The zero-order valence-electron chi connectivity index (χ0n) is 17.4. The molecule has 0 radical (unpaired) electrons. The fourth-order valence-electron chi connectivity index (χ4n) is 3.01. The molecule has 1 unspecified atom stereocenters. The number of unbranched alkanes of at least 4 members (excludes halogenated alkanes) is 5. The van der Waals surface area contributed by atoms with Crippen LogP contribution in [0.3, 0.4) is 0 Å². The number of benzene rings is 1. The molecule has 0 aliphatic rings. The Labute approximate surface area is 180 Å². The summed E-state index contributed by atoms with van der Waals surface area (Å²) < 4.78 is 50.8. The number of rotatable bonds is 13. The lowest BCUT2D eigenvalue weighted by Crippen LogP contribution is -2.16. The number of halogens is 3. The Hall–Kier alpha value is -1.71. The highest BCUT2D eigenvalue weighted by Crippen LogP contribution is 2.39. The Morgan fingerprint density at radius 1 is 1.13 bits per heavy atom. The third-order valence-electron chi connectivity index (χ3n) is 4.70. The van der Waals surface area contributed by atoms with Crippen LogP contribution in [0.4, 0.5) is 13.2 Å². The first-order valence-corrected chi connectivity index (χ1v) is 11.3. The van der Waals surface area contributed by atoms with Crippen LogP contribution in [0.1, 0.15) is 62.7 Å². The molecule has 31 heavy (non-hydrogen) atoms. The molecule has 0 saturated heterocycles. The summed E-state index contributed by atoms with van der Waals surface area (Å²) in [6.07, 6.45) is 1.54. The van der Waals surface area contributed by atoms with Gasteiger partial charge >= 0.3 is 14.8 Å². The Morgan fingerprint density at radius 3 is 2.52 bits per heavy atom. The first kappa shape index (κ1) is 25.5. The summed E-state index contributed by atoms with van der Waals surface area (Å²) in [5, 5.41) is 6.65. The van der Waals surface area contributed by atoms with E-state index < -0.39 is 26.4 Å². The van der Waals surface area contributed by atoms with Crippen LogP contribution in [0.25, 0.3) is 11.3 Å². The lowest BCUT2D eigenvalue weighted by atomic mass is 10.1. The molecule has 174 valence electrons. The van der Waals surface area contributed by atoms with Gasteiger partial charge in [0.25, 0.3) is 0 Å². The van der Waals surface area contributed by atoms with E-state index in [0.29, 0.717) is 12.1 Å². The van der Waals surface area contributed by atoms with Crippen molar-refractivity contribution < 1.29 is 32.2 Å². The van der Waals surface area contributed by atoms with Crippen LogP contribution in [0.15, 0.2) is 24.3 Å². The average molecular weight is 463 g/mol. The number of hydrogen-bond donors (Lipinski definition) is 4. The fourth-order valence-corrected chi connectivity index (χ4v) is 3.31. The standard InChI is InChI=1S/C20H29F3N3O4P/c1-2-3-4-5-6-7-10-29-19-9-8-14(11-15(19)20(21,22)23)17-12-18(26-25-17)16(24)13-30-31(27)28/h8-9,11-12,16,27-28H,2-7,10,13,24H2,1H3,(H,25,26). The predicted octanol–water partition coefficient (Wildman–Crippen LogP) is 5.06. The second-order valence-electron chi connectivity index (χ2n) is 7.19. The van der Waals surface area contributed by atoms with Crippen molar-refractivity contribution in [2.75, 3.05) is 13.2 Å². The largest absolute Gasteiger partial charge is 0.493 e. The number of ether oxygens (including phenoxy) is 1. The van der Waals surface area contributed by atoms with E-state index in [1.807, 2.05) is 0 Å². The molecule has 0 aliphatic heterocycles. The third-order valence-corrected chi connectivity index (χ3v) is 5.08. The van der Waals surface area contributed by atoms with Gasteiger partial charge < -0.3 is 24.8 Å². The maximum Gasteiger partial charge on any atom is 0.419 e. The van der Waals surface area contributed by atoms with E-state index in [4.69, 9.17) is 20.3 Å². The lowest BCUT2D eigenvalue weighted by Gasteiger charge is -2.15. The normalized spacial score (nSPS) is 13.0. The van der Waals surface area contributed by atoms with Gasteiger partial charge in [-0.3, -0.25) is 5.10 Å². The first-order valence-electron chi connectivity index (χ1n) is 10.2. The summed E-state index contributed by atoms with van der Waals surface area (Å²) in [7, 11) is -2.55. The van der Waals surface area contributed by atoms with Crippen molar-refractivity contribution in [1.82, 2.24) is 10.2 Å². The van der Waals surface area contributed by atoms with Gasteiger partial charge in [-0.15, -0.1) is 0 Å². The van der Waals surface area contributed by atoms with Gasteiger partial charge in [0.05, 0.1) is 36.2 Å². The Balaban J connectivity index is 2.06. The number of aromatic amines is 1. The van der Waals surface area contributed by atoms with Crippen molar-refractivity contribution in [1.29, 1.82) is 0 Å². The van der Waals surface area contributed by atoms with E-state index >= 15 is 0 Å². The Kier molecular flexibility index (Phi) is 10.2. The van der Waals surface area contributed by atoms with Crippen molar-refractivity contribution >= 4 is 8.60 Å². The van der Waals surface area contributed by atoms with Gasteiger partial charge in [-0.2, -0.15) is 18.3 Å². The minimum absolute atomic E-state index is 0.181. The number of nitrogens with two attached hydrogens (primary N) is 1. The monoisotopic (exact) mass is 463 g/mol. The molecule has 0 saturated carbocycles. The van der Waals surface area contributed by atoms with Crippen molar-refractivity contribution in [3.8, 4) is 17.0 Å². The van der Waals surface area contributed by atoms with Gasteiger partial charge in [0.2, 0.25) is 0 Å². The van der Waals surface area contributed by atoms with E-state index in [9.17, 15) is 13.2 Å². The van der Waals surface area contributed by atoms with Crippen LogP contribution < -0.4 is 10.5 Å². The molecule has 0 bridgehead atoms. The van der Waals surface area contributed by atoms with Gasteiger partial charge in [-0.1, -0.05) is 39.0 Å². The minimum atomic E-state index is -4.57. The molecule has 1 heterocycles. The SMILES string of the molecule is CCCCCCCCOc1ccc(-c2cc(C(N)COP(O)O)[nH]n2)cc1C(F)(F)F. The zero-order chi connectivity index (χ0) is 22.9. The number of H-pyrrole nitrogens is 1. The van der Waals surface area contributed by atoms with Gasteiger partial charge in [-0.25, -0.2) is 0 Å². The number of nitrogens with zero attached hydrogens (tertiary/aromatic N) is 1. The summed E-state index contributed by atoms with van der Waals surface area (Å²) in [5.41, 5.74) is 5.91. The van der Waals surface area contributed by atoms with E-state index in [-0.39, 0.29) is 30.2 Å². The van der Waals surface area contributed by atoms with Crippen molar-refractivity contribution in [2.45, 2.75) is 57.7 Å². The molecule has 1 atom stereocenters. The van der Waals surface area contributed by atoms with Crippen LogP contribution in [0.5, 0.6) is 5.75 Å². The fraction of sp³-hybridized carbons (Fsp3) is 0.550. The third kappa shape index (κ3) is 8.38. The summed E-state index contributed by atoms with van der Waals surface area (Å²) in [5.74, 6) is -0.204. The van der Waals surface area contributed by atoms with Gasteiger partial charge in [0, 0.05) is 5.56 Å². The summed E-state index contributed by atoms with van der Waals surface area (Å²) in [4.78, 5) is 17.6. The van der Waals surface area contributed by atoms with E-state index in [1.54, 1.807) is 0 Å². The van der Waals surface area contributed by atoms with Gasteiger partial charge in [0.1, 0.15) is 5.75 Å². The second-order valence-corrected chi connectivity index (χ2v) is 7.95. The van der Waals surface area contributed by atoms with Crippen molar-refractivity contribution in [2.24, 2.45) is 5.73 Å². The molecule has 0 spiro atoms. The molecular weight excluding hydrogens is 434 g/mol. The number of hydrogen-bond acceptors (Lipinski definition) is 6. The van der Waals surface area contributed by atoms with Crippen LogP contribution in [0, 0.1) is 0 Å². The molecule has 7 nitrogen and oxygen atoms in total. The van der Waals surface area contributed by atoms with Crippen molar-refractivity contribution in [3.63, 3.8) is 0 Å². The molecule has 0 fully saturated rings. The summed E-state index contributed by atoms with van der Waals surface area (Å²) in [6.45, 7) is 2.18. The number of aromatic nitrogens is 2. The van der Waals surface area contributed by atoms with Crippen LogP contribution in [-0.2, 0) is 10.7 Å². The van der Waals surface area contributed by atoms with Crippen molar-refractivity contribution in [3.05, 3.63) is 35.5 Å². The number of nitrogens with one attached hydrogen (secondary N) is 1. The molecule has 1 aromatic heterocycles. The predicted molar refractivity (Wildman–Crippen MR) is 112 cm³/mol. The number of alkyl halides is 3. The average Bonchev–Trinajstić information content (AvgIpc) is 3.21. The molecule has 2 aromatic rings. The maximum atomic E-state index is 13.6. The van der Waals surface area contributed by atoms with Gasteiger partial charge in [-0.05, 0) is 30.7 Å². The Morgan fingerprint density at radius 2 is 1.84 bits per heavy atom. The molecule has 2 rings (SSSR count). The van der Waals surface area contributed by atoms with Crippen LogP contribution in [-0.4, -0.2) is 33.2 Å². The smallest absolute Gasteiger partial charge is 0.419 e. The molecule has 5 N–H and O–H groups in total. The van der Waals surface area contributed by atoms with Gasteiger partial charge in [0.15, 0.2) is 0 Å². The molecule has 0 aliphatic carbocycles. The minimum Gasteiger partial charge on any atom is -0.493 e. The van der Waals surface area contributed by atoms with E-state index in [2.05, 4.69) is 21.6 Å². The van der Waals surface area contributed by atoms with E-state index in [1.165, 1.54) is 18.2 Å². The second kappa shape index (κ2) is 12.4. The molecule has 11 heteroatoms. The molecule has 0 amide bonds. The van der Waals surface area contributed by atoms with Crippen LogP contribution in [0.2, 0.25) is 0 Å². The topological polar surface area (TPSA) is 114 Å². The highest BCUT2D eigenvalue weighted by Gasteiger charge is 2.35. The zero-order valence-corrected chi connectivity index (χ0v) is 18.3. The summed E-state index contributed by atoms with van der Waals surface area (Å²) in [6, 6.07) is 4.57. The molecule has 1 aromatic carbocycles. The quantitative estimate of drug-likeness (QED) is 0.244. The van der Waals surface area contributed by atoms with Crippen LogP contribution >= 0.6 is 8.60 Å². The maximum absolute atomic E-state index is 13.6.